The Hall–Kier alpha value is -3.64. The summed E-state index contributed by atoms with van der Waals surface area (Å²) in [5, 5.41) is 9.60. The van der Waals surface area contributed by atoms with Crippen LogP contribution in [0.5, 0.6) is 5.75 Å². The molecule has 166 valence electrons. The number of para-hydroxylation sites is 1. The number of nitrogens with one attached hydrogen (secondary N) is 2. The summed E-state index contributed by atoms with van der Waals surface area (Å²) in [6.45, 7) is 2.24. The van der Waals surface area contributed by atoms with Crippen LogP contribution >= 0.6 is 15.9 Å². The fraction of sp³-hybridized carbons (Fsp3) is 0.111. The van der Waals surface area contributed by atoms with Crippen LogP contribution < -0.4 is 15.5 Å². The van der Waals surface area contributed by atoms with Gasteiger partial charge in [-0.25, -0.2) is 5.43 Å². The first-order valence-electron chi connectivity index (χ1n) is 10.6. The lowest BCUT2D eigenvalue weighted by Gasteiger charge is -2.15. The van der Waals surface area contributed by atoms with Crippen molar-refractivity contribution in [3.8, 4) is 5.75 Å². The number of anilines is 1. The maximum Gasteiger partial charge on any atom is 0.262 e. The van der Waals surface area contributed by atoms with E-state index in [9.17, 15) is 4.79 Å². The summed E-state index contributed by atoms with van der Waals surface area (Å²) in [6.07, 6.45) is 1.60. The molecule has 0 aliphatic heterocycles. The van der Waals surface area contributed by atoms with Crippen LogP contribution in [-0.4, -0.2) is 18.2 Å². The van der Waals surface area contributed by atoms with E-state index >= 15 is 0 Å². The average Bonchev–Trinajstić information content (AvgIpc) is 2.83. The Balaban J connectivity index is 1.37. The highest BCUT2D eigenvalue weighted by molar-refractivity contribution is 9.10. The molecule has 33 heavy (non-hydrogen) atoms. The van der Waals surface area contributed by atoms with Crippen molar-refractivity contribution < 1.29 is 9.53 Å². The molecule has 0 fully saturated rings. The number of carbonyl (C=O) groups excluding carboxylic acids is 1. The Bertz CT molecular complexity index is 1280. The lowest BCUT2D eigenvalue weighted by molar-refractivity contribution is -0.121. The first-order valence-corrected chi connectivity index (χ1v) is 11.4. The molecule has 0 heterocycles. The molecule has 5 nitrogen and oxygen atoms in total. The normalized spacial score (nSPS) is 11.9. The van der Waals surface area contributed by atoms with Gasteiger partial charge in [0.2, 0.25) is 0 Å². The zero-order chi connectivity index (χ0) is 23.0. The molecular weight excluding hydrogens is 478 g/mol. The maximum atomic E-state index is 12.6. The summed E-state index contributed by atoms with van der Waals surface area (Å²) >= 11 is 3.47. The molecule has 0 aromatic heterocycles. The molecule has 4 rings (SSSR count). The second-order valence-corrected chi connectivity index (χ2v) is 8.50. The van der Waals surface area contributed by atoms with Gasteiger partial charge >= 0.3 is 0 Å². The molecule has 0 aliphatic rings. The number of rotatable bonds is 8. The lowest BCUT2D eigenvalue weighted by atomic mass is 10.1. The Morgan fingerprint density at radius 2 is 1.76 bits per heavy atom. The van der Waals surface area contributed by atoms with Gasteiger partial charge in [0.25, 0.3) is 5.91 Å². The molecule has 1 atom stereocenters. The fourth-order valence-corrected chi connectivity index (χ4v) is 3.87. The molecule has 0 aliphatic carbocycles. The largest absolute Gasteiger partial charge is 0.488 e. The summed E-state index contributed by atoms with van der Waals surface area (Å²) in [7, 11) is 0. The van der Waals surface area contributed by atoms with Crippen LogP contribution in [0.25, 0.3) is 10.8 Å². The summed E-state index contributed by atoms with van der Waals surface area (Å²) in [5.41, 5.74) is 5.36. The van der Waals surface area contributed by atoms with E-state index < -0.39 is 6.04 Å². The van der Waals surface area contributed by atoms with Crippen molar-refractivity contribution in [2.24, 2.45) is 5.10 Å². The summed E-state index contributed by atoms with van der Waals surface area (Å²) in [6, 6.07) is 29.1. The fourth-order valence-electron chi connectivity index (χ4n) is 3.42. The van der Waals surface area contributed by atoms with Gasteiger partial charge in [-0.15, -0.1) is 0 Å². The number of hydrogen-bond acceptors (Lipinski definition) is 4. The van der Waals surface area contributed by atoms with Gasteiger partial charge in [0, 0.05) is 21.1 Å². The Kier molecular flexibility index (Phi) is 7.37. The van der Waals surface area contributed by atoms with Gasteiger partial charge < -0.3 is 10.1 Å². The van der Waals surface area contributed by atoms with E-state index in [0.29, 0.717) is 12.4 Å². The number of carbonyl (C=O) groups is 1. The first-order chi connectivity index (χ1) is 16.1. The third-order valence-corrected chi connectivity index (χ3v) is 5.63. The molecule has 2 N–H and O–H groups in total. The van der Waals surface area contributed by atoms with E-state index in [1.807, 2.05) is 97.9 Å². The highest BCUT2D eigenvalue weighted by Crippen LogP contribution is 2.23. The quantitative estimate of drug-likeness (QED) is 0.225. The van der Waals surface area contributed by atoms with Crippen molar-refractivity contribution in [3.05, 3.63) is 107 Å². The minimum absolute atomic E-state index is 0.230. The Labute approximate surface area is 201 Å². The predicted octanol–water partition coefficient (Wildman–Crippen LogP) is 6.13. The highest BCUT2D eigenvalue weighted by Gasteiger charge is 2.13. The predicted molar refractivity (Wildman–Crippen MR) is 138 cm³/mol. The molecule has 4 aromatic rings. The molecule has 0 spiro atoms. The van der Waals surface area contributed by atoms with Crippen molar-refractivity contribution in [1.29, 1.82) is 0 Å². The van der Waals surface area contributed by atoms with Gasteiger partial charge in [-0.1, -0.05) is 76.6 Å². The summed E-state index contributed by atoms with van der Waals surface area (Å²) < 4.78 is 6.97. The van der Waals surface area contributed by atoms with Gasteiger partial charge in [-0.2, -0.15) is 5.10 Å². The molecule has 6 heteroatoms. The third-order valence-electron chi connectivity index (χ3n) is 5.14. The number of amides is 1. The van der Waals surface area contributed by atoms with E-state index in [4.69, 9.17) is 4.74 Å². The summed E-state index contributed by atoms with van der Waals surface area (Å²) in [4.78, 5) is 12.6. The molecule has 0 saturated carbocycles. The van der Waals surface area contributed by atoms with Crippen molar-refractivity contribution in [3.63, 3.8) is 0 Å². The topological polar surface area (TPSA) is 62.7 Å². The van der Waals surface area contributed by atoms with Crippen LogP contribution in [0.15, 0.2) is 101 Å². The number of hydrogen-bond donors (Lipinski definition) is 2. The van der Waals surface area contributed by atoms with Crippen LogP contribution in [0, 0.1) is 0 Å². The zero-order valence-corrected chi connectivity index (χ0v) is 19.7. The van der Waals surface area contributed by atoms with Gasteiger partial charge in [0.1, 0.15) is 18.4 Å². The van der Waals surface area contributed by atoms with E-state index in [0.717, 1.165) is 32.1 Å². The number of nitrogens with zero attached hydrogens (tertiary/aromatic N) is 1. The average molecular weight is 502 g/mol. The number of hydrazone groups is 1. The molecule has 0 bridgehead atoms. The summed E-state index contributed by atoms with van der Waals surface area (Å²) in [5.74, 6) is 0.462. The number of ether oxygens (including phenoxy) is 1. The van der Waals surface area contributed by atoms with Crippen LogP contribution in [0.4, 0.5) is 5.69 Å². The molecule has 4 aromatic carbocycles. The van der Waals surface area contributed by atoms with Gasteiger partial charge in [-0.05, 0) is 48.2 Å². The van der Waals surface area contributed by atoms with Crippen LogP contribution in [-0.2, 0) is 11.4 Å². The maximum absolute atomic E-state index is 12.6. The van der Waals surface area contributed by atoms with Crippen molar-refractivity contribution in [2.45, 2.75) is 19.6 Å². The first kappa shape index (κ1) is 22.6. The second kappa shape index (κ2) is 10.8. The Morgan fingerprint density at radius 1 is 1.00 bits per heavy atom. The number of halogens is 1. The zero-order valence-electron chi connectivity index (χ0n) is 18.2. The van der Waals surface area contributed by atoms with Crippen LogP contribution in [0.3, 0.4) is 0 Å². The van der Waals surface area contributed by atoms with Gasteiger partial charge in [-0.3, -0.25) is 4.79 Å². The standard InChI is InChI=1S/C27H24BrN3O2/c1-19(30-25-14-7-11-21-9-2-4-13-24(21)25)27(32)31-29-17-22-10-3-5-15-26(22)33-18-20-8-6-12-23(28)16-20/h2-17,19,30H,18H2,1H3,(H,31,32)/t19-/m0/s1. The monoisotopic (exact) mass is 501 g/mol. The molecule has 0 saturated heterocycles. The van der Waals surface area contributed by atoms with E-state index in [-0.39, 0.29) is 5.91 Å². The molecule has 1 amide bonds. The van der Waals surface area contributed by atoms with E-state index in [1.165, 1.54) is 0 Å². The third kappa shape index (κ3) is 5.99. The smallest absolute Gasteiger partial charge is 0.262 e. The minimum Gasteiger partial charge on any atom is -0.488 e. The SMILES string of the molecule is C[C@H](Nc1cccc2ccccc12)C(=O)NN=Cc1ccccc1OCc1cccc(Br)c1. The van der Waals surface area contributed by atoms with Crippen molar-refractivity contribution in [1.82, 2.24) is 5.43 Å². The molecule has 0 radical (unpaired) electrons. The van der Waals surface area contributed by atoms with Crippen LogP contribution in [0.1, 0.15) is 18.1 Å². The second-order valence-electron chi connectivity index (χ2n) is 7.58. The van der Waals surface area contributed by atoms with Gasteiger partial charge in [0.05, 0.1) is 6.21 Å². The van der Waals surface area contributed by atoms with E-state index in [1.54, 1.807) is 6.21 Å². The van der Waals surface area contributed by atoms with Gasteiger partial charge in [0.15, 0.2) is 0 Å². The highest BCUT2D eigenvalue weighted by atomic mass is 79.9. The van der Waals surface area contributed by atoms with Crippen molar-refractivity contribution >= 4 is 44.5 Å². The molecular formula is C27H24BrN3O2. The Morgan fingerprint density at radius 3 is 2.64 bits per heavy atom. The minimum atomic E-state index is -0.462. The van der Waals surface area contributed by atoms with E-state index in [2.05, 4.69) is 31.8 Å². The lowest BCUT2D eigenvalue weighted by Crippen LogP contribution is -2.34. The van der Waals surface area contributed by atoms with Crippen molar-refractivity contribution in [2.75, 3.05) is 5.32 Å². The van der Waals surface area contributed by atoms with Crippen LogP contribution in [0.2, 0.25) is 0 Å². The molecule has 0 unspecified atom stereocenters. The number of benzene rings is 4. The number of fused-ring (bicyclic) bond motifs is 1.